The smallest absolute Gasteiger partial charge is 0.475 e. The third-order valence-corrected chi connectivity index (χ3v) is 16.6. The molecular formula is C58H74F6N14O10S2. The van der Waals surface area contributed by atoms with Crippen LogP contribution in [0.3, 0.4) is 0 Å². The number of ketones is 1. The van der Waals surface area contributed by atoms with E-state index in [4.69, 9.17) is 19.8 Å². The van der Waals surface area contributed by atoms with Gasteiger partial charge in [-0.25, -0.2) is 19.0 Å². The van der Waals surface area contributed by atoms with E-state index < -0.39 is 42.4 Å². The van der Waals surface area contributed by atoms with Gasteiger partial charge in [0.25, 0.3) is 5.91 Å². The second kappa shape index (κ2) is 36.0. The zero-order valence-electron chi connectivity index (χ0n) is 50.0. The molecule has 0 bridgehead atoms. The number of alkyl halides is 6. The Morgan fingerprint density at radius 2 is 1.08 bits per heavy atom. The van der Waals surface area contributed by atoms with Crippen LogP contribution in [0.1, 0.15) is 125 Å². The van der Waals surface area contributed by atoms with E-state index in [2.05, 4.69) is 52.3 Å². The van der Waals surface area contributed by atoms with Crippen molar-refractivity contribution in [1.82, 2.24) is 71.5 Å². The Bertz CT molecular complexity index is 2940. The minimum absolute atomic E-state index is 0.0920. The van der Waals surface area contributed by atoms with E-state index in [1.165, 1.54) is 23.5 Å². The number of likely N-dealkylation sites (N-methyl/N-ethyl adjacent to an activating group) is 1. The molecule has 2 aliphatic rings. The first-order valence-corrected chi connectivity index (χ1v) is 30.8. The second-order valence-corrected chi connectivity index (χ2v) is 23.3. The van der Waals surface area contributed by atoms with Crippen molar-refractivity contribution in [1.29, 1.82) is 0 Å². The number of carboxylic acid groups (broad SMARTS) is 2. The fourth-order valence-corrected chi connectivity index (χ4v) is 11.0. The number of aliphatic carboxylic acids is 2. The van der Waals surface area contributed by atoms with Crippen molar-refractivity contribution < 1.29 is 74.9 Å². The number of Topliss-reactive ketones (excluding diaryl/α,β-unsaturated/α-hetero) is 1. The average molecular weight is 1310 g/mol. The maximum atomic E-state index is 14.2. The number of aromatic nitrogens is 8. The summed E-state index contributed by atoms with van der Waals surface area (Å²) in [6.07, 6.45) is -2.24. The van der Waals surface area contributed by atoms with Gasteiger partial charge in [-0.2, -0.15) is 26.3 Å². The Hall–Kier alpha value is -8.00. The highest BCUT2D eigenvalue weighted by atomic mass is 32.2. The van der Waals surface area contributed by atoms with Crippen LogP contribution in [0.25, 0.3) is 0 Å². The molecule has 5 aromatic rings. The summed E-state index contributed by atoms with van der Waals surface area (Å²) in [6.45, 7) is 7.89. The molecule has 490 valence electrons. The van der Waals surface area contributed by atoms with Gasteiger partial charge in [0.15, 0.2) is 5.78 Å². The van der Waals surface area contributed by atoms with E-state index in [0.717, 1.165) is 35.5 Å². The maximum absolute atomic E-state index is 14.2. The molecule has 24 nitrogen and oxygen atoms in total. The number of nitrogens with zero attached hydrogens (tertiary/aromatic N) is 10. The maximum Gasteiger partial charge on any atom is 0.490 e. The van der Waals surface area contributed by atoms with Gasteiger partial charge in [0, 0.05) is 52.9 Å². The molecule has 0 unspecified atom stereocenters. The third-order valence-electron chi connectivity index (χ3n) is 14.6. The molecule has 2 aromatic heterocycles. The van der Waals surface area contributed by atoms with E-state index in [9.17, 15) is 55.1 Å². The number of benzene rings is 3. The lowest BCUT2D eigenvalue weighted by Crippen LogP contribution is -2.53. The van der Waals surface area contributed by atoms with Crippen LogP contribution in [0.2, 0.25) is 0 Å². The van der Waals surface area contributed by atoms with E-state index in [1.54, 1.807) is 47.6 Å². The van der Waals surface area contributed by atoms with Gasteiger partial charge in [-0.3, -0.25) is 28.8 Å². The average Bonchev–Trinajstić information content (AvgIpc) is 1.86. The van der Waals surface area contributed by atoms with Crippen LogP contribution in [0.5, 0.6) is 0 Å². The van der Waals surface area contributed by atoms with Crippen LogP contribution in [-0.4, -0.2) is 177 Å². The molecule has 6 N–H and O–H groups in total. The molecule has 7 rings (SSSR count). The Labute approximate surface area is 523 Å². The van der Waals surface area contributed by atoms with Crippen molar-refractivity contribution in [3.05, 3.63) is 96.1 Å². The Morgan fingerprint density at radius 1 is 0.622 bits per heavy atom. The van der Waals surface area contributed by atoms with E-state index in [-0.39, 0.29) is 59.7 Å². The normalized spacial score (nSPS) is 16.1. The molecule has 5 amide bonds. The van der Waals surface area contributed by atoms with Crippen LogP contribution < -0.4 is 21.3 Å². The van der Waals surface area contributed by atoms with Crippen LogP contribution >= 0.6 is 23.5 Å². The lowest BCUT2D eigenvalue weighted by molar-refractivity contribution is -0.193. The molecule has 6 atom stereocenters. The lowest BCUT2D eigenvalue weighted by Gasteiger charge is -2.30. The zero-order valence-corrected chi connectivity index (χ0v) is 51.6. The topological polar surface area (TPSA) is 319 Å². The summed E-state index contributed by atoms with van der Waals surface area (Å²) in [4.78, 5) is 105. The highest BCUT2D eigenvalue weighted by Gasteiger charge is 2.40. The fraction of sp³-hybridized carbons (Fsp3) is 0.517. The van der Waals surface area contributed by atoms with E-state index >= 15 is 0 Å². The minimum Gasteiger partial charge on any atom is -0.475 e. The van der Waals surface area contributed by atoms with Gasteiger partial charge in [-0.1, -0.05) is 75.2 Å². The quantitative estimate of drug-likeness (QED) is 0.0156. The highest BCUT2D eigenvalue weighted by molar-refractivity contribution is 7.99. The molecule has 0 spiro atoms. The summed E-state index contributed by atoms with van der Waals surface area (Å²) in [7, 11) is 1.70. The molecule has 2 fully saturated rings. The second-order valence-electron chi connectivity index (χ2n) is 21.2. The van der Waals surface area contributed by atoms with Crippen molar-refractivity contribution in [2.75, 3.05) is 26.7 Å². The molecule has 0 saturated carbocycles. The summed E-state index contributed by atoms with van der Waals surface area (Å²) >= 11 is 2.92. The van der Waals surface area contributed by atoms with Gasteiger partial charge in [0.2, 0.25) is 33.9 Å². The first-order chi connectivity index (χ1) is 42.8. The number of amides is 5. The summed E-state index contributed by atoms with van der Waals surface area (Å²) in [5, 5.41) is 52.2. The first-order valence-electron chi connectivity index (χ1n) is 29.2. The number of hydrogen-bond donors (Lipinski definition) is 6. The molecule has 90 heavy (non-hydrogen) atoms. The van der Waals surface area contributed by atoms with Gasteiger partial charge in [-0.15, -0.1) is 10.2 Å². The largest absolute Gasteiger partial charge is 0.490 e. The van der Waals surface area contributed by atoms with Crippen molar-refractivity contribution in [3.63, 3.8) is 0 Å². The zero-order chi connectivity index (χ0) is 66.0. The van der Waals surface area contributed by atoms with Crippen LogP contribution in [0, 0.1) is 5.92 Å². The third kappa shape index (κ3) is 23.4. The number of rotatable bonds is 29. The Kier molecular flexibility index (Phi) is 29.1. The summed E-state index contributed by atoms with van der Waals surface area (Å²) < 4.78 is 66.9. The summed E-state index contributed by atoms with van der Waals surface area (Å²) in [5.74, 6) is -6.87. The first kappa shape index (κ1) is 72.7. The fourth-order valence-electron chi connectivity index (χ4n) is 9.40. The number of unbranched alkanes of at least 4 members (excludes halogenated alkanes) is 3. The van der Waals surface area contributed by atoms with Crippen molar-refractivity contribution >= 4 is 70.8 Å². The van der Waals surface area contributed by atoms with Gasteiger partial charge in [-0.05, 0) is 159 Å². The van der Waals surface area contributed by atoms with Crippen molar-refractivity contribution in [3.8, 4) is 0 Å². The number of hydrogen-bond acceptors (Lipinski definition) is 17. The Morgan fingerprint density at radius 3 is 1.53 bits per heavy atom. The molecule has 3 aromatic carbocycles. The predicted molar refractivity (Wildman–Crippen MR) is 315 cm³/mol. The van der Waals surface area contributed by atoms with Gasteiger partial charge < -0.3 is 41.3 Å². The van der Waals surface area contributed by atoms with Crippen LogP contribution in [0.15, 0.2) is 105 Å². The molecule has 0 aliphatic carbocycles. The summed E-state index contributed by atoms with van der Waals surface area (Å²) in [5.41, 5.74) is 0.805. The number of nitrogens with one attached hydrogen (secondary N) is 4. The number of halogens is 6. The molecule has 0 radical (unpaired) electrons. The lowest BCUT2D eigenvalue weighted by atomic mass is 10.0. The monoisotopic (exact) mass is 1300 g/mol. The standard InChI is InChI=1S/C54H72N14O6S2.2C2HF3O2/c1-5-37(2)48(70)57-45(51(73)65-32-18-22-41(65)35-67-53(59-61-63-67)75-43-24-9-6-10-25-43)29-15-16-31-56-50(72)40-21-17-20-39(34-40)47(69)30-14-8-13-28-46(58-49(71)38(3)55-4)52(74)66-33-19-23-42(66)36-68-54(60-62-64-68)76-44-26-11-7-12-27-44;2*3-2(4,5)1(6)7/h6-7,9-12,17,20-21,24-27,34,37-38,41-42,45-46,55H,5,8,13-16,18-19,22-23,28-33,35-36H2,1-4H3,(H,56,72)(H,57,70)(H,58,71);2*(H,6,7)/t37-,38+,41+,42+,45+,46+;;/m1../s1. The van der Waals surface area contributed by atoms with Gasteiger partial charge in [0.1, 0.15) is 12.1 Å². The molecule has 4 heterocycles. The van der Waals surface area contributed by atoms with Crippen LogP contribution in [-0.2, 0) is 41.9 Å². The number of carbonyl (C=O) groups is 8. The predicted octanol–water partition coefficient (Wildman–Crippen LogP) is 7.27. The summed E-state index contributed by atoms with van der Waals surface area (Å²) in [6, 6.07) is 24.2. The van der Waals surface area contributed by atoms with E-state index in [0.29, 0.717) is 106 Å². The molecular weight excluding hydrogens is 1230 g/mol. The molecule has 2 aliphatic heterocycles. The number of likely N-dealkylation sites (tertiary alicyclic amines) is 2. The van der Waals surface area contributed by atoms with Gasteiger partial charge >= 0.3 is 24.3 Å². The SMILES string of the molecule is CC[C@@H](C)C(=O)N[C@@H](CCCCNC(=O)c1cccc(C(=O)CCCCC[C@H](NC(=O)[C@H](C)NC)C(=O)N2CCC[C@H]2Cn2nnnc2Sc2ccccc2)c1)C(=O)N1CCC[C@H]1Cn1nnnc1Sc1ccccc1.O=C(O)C(F)(F)F.O=C(O)C(F)(F)F. The number of carbonyl (C=O) groups excluding carboxylic acids is 6. The molecule has 2 saturated heterocycles. The minimum atomic E-state index is -5.08. The van der Waals surface area contributed by atoms with Crippen molar-refractivity contribution in [2.45, 2.75) is 180 Å². The van der Waals surface area contributed by atoms with Crippen molar-refractivity contribution in [2.24, 2.45) is 5.92 Å². The van der Waals surface area contributed by atoms with E-state index in [1.807, 2.05) is 84.3 Å². The van der Waals surface area contributed by atoms with Crippen LogP contribution in [0.4, 0.5) is 26.3 Å². The number of carboxylic acids is 2. The Balaban J connectivity index is 0.000000940. The highest BCUT2D eigenvalue weighted by Crippen LogP contribution is 2.30. The molecule has 32 heteroatoms. The van der Waals surface area contributed by atoms with Gasteiger partial charge in [0.05, 0.1) is 31.2 Å². The number of tetrazole rings is 2.